The second kappa shape index (κ2) is 9.09. The third kappa shape index (κ3) is 5.76. The van der Waals surface area contributed by atoms with E-state index in [1.54, 1.807) is 0 Å². The van der Waals surface area contributed by atoms with Gasteiger partial charge in [-0.1, -0.05) is 54.1 Å². The zero-order chi connectivity index (χ0) is 19.1. The van der Waals surface area contributed by atoms with Crippen molar-refractivity contribution in [1.82, 2.24) is 10.3 Å². The molecule has 0 atom stereocenters. The molecule has 5 nitrogen and oxygen atoms in total. The number of ether oxygens (including phenoxy) is 1. The lowest BCUT2D eigenvalue weighted by Gasteiger charge is -2.06. The van der Waals surface area contributed by atoms with E-state index >= 15 is 0 Å². The van der Waals surface area contributed by atoms with Gasteiger partial charge in [0.2, 0.25) is 0 Å². The second-order valence-electron chi connectivity index (χ2n) is 6.11. The van der Waals surface area contributed by atoms with Gasteiger partial charge < -0.3 is 10.1 Å². The molecule has 0 spiro atoms. The van der Waals surface area contributed by atoms with E-state index in [1.807, 2.05) is 60.8 Å². The number of aryl methyl sites for hydroxylation is 1. The lowest BCUT2D eigenvalue weighted by Crippen LogP contribution is -2.28. The van der Waals surface area contributed by atoms with Crippen molar-refractivity contribution in [3.63, 3.8) is 0 Å². The molecule has 0 fully saturated rings. The summed E-state index contributed by atoms with van der Waals surface area (Å²) in [6, 6.07) is 17.6. The average molecular weight is 380 g/mol. The Kier molecular flexibility index (Phi) is 6.33. The first-order valence-corrected chi connectivity index (χ1v) is 9.46. The number of aromatic nitrogens is 1. The monoisotopic (exact) mass is 380 g/mol. The van der Waals surface area contributed by atoms with Crippen LogP contribution in [0.15, 0.2) is 60.0 Å². The number of carbonyl (C=O) groups is 2. The van der Waals surface area contributed by atoms with Crippen molar-refractivity contribution >= 4 is 23.2 Å². The van der Waals surface area contributed by atoms with Crippen LogP contribution in [0.5, 0.6) is 0 Å². The lowest BCUT2D eigenvalue weighted by molar-refractivity contribution is -0.147. The Morgan fingerprint density at radius 2 is 1.93 bits per heavy atom. The fraction of sp³-hybridized carbons (Fsp3) is 0.190. The molecule has 1 N–H and O–H groups in total. The van der Waals surface area contributed by atoms with Gasteiger partial charge in [-0.3, -0.25) is 9.59 Å². The molecular weight excluding hydrogens is 360 g/mol. The topological polar surface area (TPSA) is 68.3 Å². The largest absolute Gasteiger partial charge is 0.455 e. The minimum atomic E-state index is -0.467. The Balaban J connectivity index is 1.45. The maximum absolute atomic E-state index is 12.0. The van der Waals surface area contributed by atoms with Crippen molar-refractivity contribution in [3.8, 4) is 10.6 Å². The molecule has 6 heteroatoms. The van der Waals surface area contributed by atoms with Gasteiger partial charge >= 0.3 is 5.97 Å². The summed E-state index contributed by atoms with van der Waals surface area (Å²) in [5.74, 6) is -0.795. The molecule has 0 saturated heterocycles. The van der Waals surface area contributed by atoms with Gasteiger partial charge in [0.15, 0.2) is 6.61 Å². The number of thiazole rings is 1. The number of benzene rings is 2. The average Bonchev–Trinajstić information content (AvgIpc) is 3.14. The van der Waals surface area contributed by atoms with Gasteiger partial charge in [-0.05, 0) is 18.6 Å². The second-order valence-corrected chi connectivity index (χ2v) is 6.97. The van der Waals surface area contributed by atoms with Crippen LogP contribution in [0.3, 0.4) is 0 Å². The molecule has 1 aromatic heterocycles. The maximum atomic E-state index is 12.0. The highest BCUT2D eigenvalue weighted by Crippen LogP contribution is 2.24. The SMILES string of the molecule is Cc1cccc(-c2nc(CC(=O)OCC(=O)NCc3ccccc3)cs2)c1. The molecule has 0 radical (unpaired) electrons. The minimum Gasteiger partial charge on any atom is -0.455 e. The van der Waals surface area contributed by atoms with Crippen LogP contribution in [-0.4, -0.2) is 23.5 Å². The fourth-order valence-electron chi connectivity index (χ4n) is 2.49. The molecule has 3 aromatic rings. The van der Waals surface area contributed by atoms with Crippen molar-refractivity contribution in [2.24, 2.45) is 0 Å². The van der Waals surface area contributed by atoms with Crippen LogP contribution >= 0.6 is 11.3 Å². The van der Waals surface area contributed by atoms with E-state index in [4.69, 9.17) is 4.74 Å². The molecule has 0 aliphatic carbocycles. The number of nitrogens with one attached hydrogen (secondary N) is 1. The van der Waals surface area contributed by atoms with Gasteiger partial charge in [-0.15, -0.1) is 11.3 Å². The van der Waals surface area contributed by atoms with Crippen molar-refractivity contribution in [2.45, 2.75) is 19.9 Å². The molecular formula is C21H20N2O3S. The van der Waals surface area contributed by atoms with Crippen LogP contribution in [-0.2, 0) is 27.3 Å². The Hall–Kier alpha value is -2.99. The highest BCUT2D eigenvalue weighted by molar-refractivity contribution is 7.13. The summed E-state index contributed by atoms with van der Waals surface area (Å²) in [6.45, 7) is 2.14. The van der Waals surface area contributed by atoms with E-state index in [-0.39, 0.29) is 18.9 Å². The number of nitrogens with zero attached hydrogens (tertiary/aromatic N) is 1. The first-order valence-electron chi connectivity index (χ1n) is 8.58. The number of carbonyl (C=O) groups excluding carboxylic acids is 2. The molecule has 0 bridgehead atoms. The van der Waals surface area contributed by atoms with Crippen LogP contribution in [0, 0.1) is 6.92 Å². The molecule has 0 saturated carbocycles. The van der Waals surface area contributed by atoms with Crippen LogP contribution in [0.25, 0.3) is 10.6 Å². The van der Waals surface area contributed by atoms with Crippen LogP contribution in [0.1, 0.15) is 16.8 Å². The van der Waals surface area contributed by atoms with Gasteiger partial charge in [0, 0.05) is 17.5 Å². The molecule has 138 valence electrons. The Bertz CT molecular complexity index is 922. The molecule has 3 rings (SSSR count). The number of esters is 1. The van der Waals surface area contributed by atoms with E-state index in [2.05, 4.69) is 16.4 Å². The van der Waals surface area contributed by atoms with Crippen molar-refractivity contribution in [1.29, 1.82) is 0 Å². The summed E-state index contributed by atoms with van der Waals surface area (Å²) in [7, 11) is 0. The number of amides is 1. The summed E-state index contributed by atoms with van der Waals surface area (Å²) in [4.78, 5) is 28.2. The summed E-state index contributed by atoms with van der Waals surface area (Å²) < 4.78 is 5.04. The normalized spacial score (nSPS) is 10.4. The molecule has 27 heavy (non-hydrogen) atoms. The Labute approximate surface area is 162 Å². The predicted molar refractivity (Wildman–Crippen MR) is 105 cm³/mol. The maximum Gasteiger partial charge on any atom is 0.312 e. The van der Waals surface area contributed by atoms with Crippen molar-refractivity contribution in [3.05, 3.63) is 76.8 Å². The zero-order valence-corrected chi connectivity index (χ0v) is 15.8. The first kappa shape index (κ1) is 18.8. The first-order chi connectivity index (χ1) is 13.1. The number of rotatable bonds is 7. The highest BCUT2D eigenvalue weighted by Gasteiger charge is 2.12. The minimum absolute atomic E-state index is 0.0499. The molecule has 0 unspecified atom stereocenters. The predicted octanol–water partition coefficient (Wildman–Crippen LogP) is 3.52. The zero-order valence-electron chi connectivity index (χ0n) is 15.0. The third-order valence-electron chi connectivity index (χ3n) is 3.84. The van der Waals surface area contributed by atoms with E-state index in [0.29, 0.717) is 12.2 Å². The molecule has 1 heterocycles. The highest BCUT2D eigenvalue weighted by atomic mass is 32.1. The Morgan fingerprint density at radius 3 is 2.70 bits per heavy atom. The van der Waals surface area contributed by atoms with Gasteiger partial charge in [0.05, 0.1) is 12.1 Å². The van der Waals surface area contributed by atoms with Crippen LogP contribution in [0.4, 0.5) is 0 Å². The lowest BCUT2D eigenvalue weighted by atomic mass is 10.1. The summed E-state index contributed by atoms with van der Waals surface area (Å²) in [5, 5.41) is 5.42. The number of hydrogen-bond donors (Lipinski definition) is 1. The van der Waals surface area contributed by atoms with Crippen LogP contribution in [0.2, 0.25) is 0 Å². The molecule has 0 aliphatic rings. The van der Waals surface area contributed by atoms with Crippen LogP contribution < -0.4 is 5.32 Å². The van der Waals surface area contributed by atoms with Gasteiger partial charge in [0.25, 0.3) is 5.91 Å². The summed E-state index contributed by atoms with van der Waals surface area (Å²) >= 11 is 1.49. The van der Waals surface area contributed by atoms with E-state index < -0.39 is 5.97 Å². The van der Waals surface area contributed by atoms with Gasteiger partial charge in [0.1, 0.15) is 5.01 Å². The standard InChI is InChI=1S/C21H20N2O3S/c1-15-6-5-9-17(10-15)21-23-18(14-27-21)11-20(25)26-13-19(24)22-12-16-7-3-2-4-8-16/h2-10,14H,11-13H2,1H3,(H,22,24). The van der Waals surface area contributed by atoms with Gasteiger partial charge in [-0.2, -0.15) is 0 Å². The van der Waals surface area contributed by atoms with Gasteiger partial charge in [-0.25, -0.2) is 4.98 Å². The van der Waals surface area contributed by atoms with E-state index in [0.717, 1.165) is 21.7 Å². The number of hydrogen-bond acceptors (Lipinski definition) is 5. The molecule has 0 aliphatic heterocycles. The van der Waals surface area contributed by atoms with E-state index in [9.17, 15) is 9.59 Å². The van der Waals surface area contributed by atoms with Crippen molar-refractivity contribution < 1.29 is 14.3 Å². The Morgan fingerprint density at radius 1 is 1.11 bits per heavy atom. The quantitative estimate of drug-likeness (QED) is 0.637. The molecule has 1 amide bonds. The van der Waals surface area contributed by atoms with Crippen molar-refractivity contribution in [2.75, 3.05) is 6.61 Å². The van der Waals surface area contributed by atoms with E-state index in [1.165, 1.54) is 11.3 Å². The summed E-state index contributed by atoms with van der Waals surface area (Å²) in [6.07, 6.45) is 0.0499. The smallest absolute Gasteiger partial charge is 0.312 e. The fourth-order valence-corrected chi connectivity index (χ4v) is 3.31. The third-order valence-corrected chi connectivity index (χ3v) is 4.78. The molecule has 2 aromatic carbocycles. The summed E-state index contributed by atoms with van der Waals surface area (Å²) in [5.41, 5.74) is 3.82.